The standard InChI is InChI=1S/C57H36N4/c1-4-17-37(18-5-1)40-23-16-24-41(35-40)44-34-33-43(38-19-6-2-7-20-38)53-50-29-14-15-30-52(50)61(54(44)53)57-59-55(39-21-8-3-9-22-39)58-56(60-57)42-31-32-49-47-27-11-10-25-45(47)46-26-12-13-28-48(46)51(49)36-42/h1-36H. The van der Waals surface area contributed by atoms with Gasteiger partial charge in [-0.05, 0) is 78.3 Å². The second kappa shape index (κ2) is 14.3. The van der Waals surface area contributed by atoms with Gasteiger partial charge in [-0.2, -0.15) is 9.97 Å². The molecule has 0 spiro atoms. The minimum Gasteiger partial charge on any atom is -0.277 e. The second-order valence-electron chi connectivity index (χ2n) is 15.5. The average Bonchev–Trinajstić information content (AvgIpc) is 3.70. The van der Waals surface area contributed by atoms with Crippen LogP contribution >= 0.6 is 0 Å². The lowest BCUT2D eigenvalue weighted by Crippen LogP contribution is -2.07. The van der Waals surface area contributed by atoms with Crippen LogP contribution in [0.5, 0.6) is 0 Å². The van der Waals surface area contributed by atoms with Crippen molar-refractivity contribution in [2.45, 2.75) is 0 Å². The Balaban J connectivity index is 1.17. The topological polar surface area (TPSA) is 43.6 Å². The number of hydrogen-bond donors (Lipinski definition) is 0. The molecule has 0 bridgehead atoms. The summed E-state index contributed by atoms with van der Waals surface area (Å²) in [6.07, 6.45) is 0. The van der Waals surface area contributed by atoms with Gasteiger partial charge in [0, 0.05) is 27.5 Å². The Bertz CT molecular complexity index is 3600. The molecule has 0 aliphatic carbocycles. The van der Waals surface area contributed by atoms with Crippen molar-refractivity contribution in [1.29, 1.82) is 0 Å². The van der Waals surface area contributed by atoms with Gasteiger partial charge in [0.2, 0.25) is 5.95 Å². The van der Waals surface area contributed by atoms with Crippen molar-refractivity contribution in [3.05, 3.63) is 218 Å². The first kappa shape index (κ1) is 34.8. The lowest BCUT2D eigenvalue weighted by atomic mass is 9.93. The van der Waals surface area contributed by atoms with E-state index in [1.807, 2.05) is 18.2 Å². The molecule has 0 N–H and O–H groups in total. The largest absolute Gasteiger partial charge is 0.277 e. The molecule has 0 atom stereocenters. The molecule has 0 saturated carbocycles. The molecular weight excluding hydrogens is 741 g/mol. The fourth-order valence-electron chi connectivity index (χ4n) is 9.25. The third-order valence-electron chi connectivity index (χ3n) is 12.0. The maximum Gasteiger partial charge on any atom is 0.238 e. The van der Waals surface area contributed by atoms with Gasteiger partial charge in [0.25, 0.3) is 0 Å². The molecule has 61 heavy (non-hydrogen) atoms. The highest BCUT2D eigenvalue weighted by Gasteiger charge is 2.23. The molecule has 10 aromatic carbocycles. The molecule has 284 valence electrons. The summed E-state index contributed by atoms with van der Waals surface area (Å²) < 4.78 is 2.27. The maximum absolute atomic E-state index is 5.46. The van der Waals surface area contributed by atoms with E-state index in [0.29, 0.717) is 17.6 Å². The van der Waals surface area contributed by atoms with Crippen LogP contribution in [0.4, 0.5) is 0 Å². The fourth-order valence-corrected chi connectivity index (χ4v) is 9.25. The second-order valence-corrected chi connectivity index (χ2v) is 15.5. The van der Waals surface area contributed by atoms with E-state index < -0.39 is 0 Å². The minimum absolute atomic E-state index is 0.559. The summed E-state index contributed by atoms with van der Waals surface area (Å²) in [6, 6.07) is 77.6. The summed E-state index contributed by atoms with van der Waals surface area (Å²) in [6.45, 7) is 0. The first-order valence-electron chi connectivity index (χ1n) is 20.7. The van der Waals surface area contributed by atoms with Gasteiger partial charge in [-0.3, -0.25) is 4.57 Å². The van der Waals surface area contributed by atoms with Crippen molar-refractivity contribution in [3.8, 4) is 62.1 Å². The van der Waals surface area contributed by atoms with E-state index in [1.54, 1.807) is 0 Å². The number of aromatic nitrogens is 4. The lowest BCUT2D eigenvalue weighted by molar-refractivity contribution is 0.954. The van der Waals surface area contributed by atoms with Gasteiger partial charge in [0.15, 0.2) is 11.6 Å². The Labute approximate surface area is 352 Å². The normalized spacial score (nSPS) is 11.6. The van der Waals surface area contributed by atoms with Crippen molar-refractivity contribution in [2.75, 3.05) is 0 Å². The summed E-state index contributed by atoms with van der Waals surface area (Å²) in [5.41, 5.74) is 10.8. The van der Waals surface area contributed by atoms with Gasteiger partial charge in [-0.25, -0.2) is 4.98 Å². The Morgan fingerprint density at radius 3 is 1.44 bits per heavy atom. The number of fused-ring (bicyclic) bond motifs is 9. The van der Waals surface area contributed by atoms with E-state index in [2.05, 4.69) is 205 Å². The third-order valence-corrected chi connectivity index (χ3v) is 12.0. The van der Waals surface area contributed by atoms with Crippen LogP contribution in [0.2, 0.25) is 0 Å². The highest BCUT2D eigenvalue weighted by molar-refractivity contribution is 6.26. The van der Waals surface area contributed by atoms with Crippen LogP contribution in [-0.4, -0.2) is 19.5 Å². The molecule has 4 heteroatoms. The van der Waals surface area contributed by atoms with Crippen molar-refractivity contribution >= 4 is 54.1 Å². The quantitative estimate of drug-likeness (QED) is 0.158. The molecule has 2 aromatic heterocycles. The highest BCUT2D eigenvalue weighted by atomic mass is 15.2. The SMILES string of the molecule is c1ccc(-c2cccc(-c3ccc(-c4ccccc4)c4c5ccccc5n(-c5nc(-c6ccccc6)nc(-c6ccc7c8ccccc8c8ccccc8c7c6)n5)c34)c2)cc1. The van der Waals surface area contributed by atoms with Crippen LogP contribution in [0.25, 0.3) is 116 Å². The molecule has 0 unspecified atom stereocenters. The van der Waals surface area contributed by atoms with Gasteiger partial charge in [-0.1, -0.05) is 200 Å². The monoisotopic (exact) mass is 776 g/mol. The van der Waals surface area contributed by atoms with Gasteiger partial charge in [0.05, 0.1) is 11.0 Å². The molecule has 12 aromatic rings. The summed E-state index contributed by atoms with van der Waals surface area (Å²) in [5.74, 6) is 1.78. The third kappa shape index (κ3) is 5.80. The Hall–Kier alpha value is -8.21. The van der Waals surface area contributed by atoms with Crippen LogP contribution in [0.15, 0.2) is 218 Å². The van der Waals surface area contributed by atoms with E-state index in [1.165, 1.54) is 37.9 Å². The number of rotatable bonds is 6. The maximum atomic E-state index is 5.46. The number of para-hydroxylation sites is 1. The van der Waals surface area contributed by atoms with Gasteiger partial charge in [0.1, 0.15) is 0 Å². The molecule has 0 aliphatic rings. The predicted molar refractivity (Wildman–Crippen MR) is 254 cm³/mol. The van der Waals surface area contributed by atoms with Crippen LogP contribution in [0.1, 0.15) is 0 Å². The van der Waals surface area contributed by atoms with Crippen LogP contribution in [-0.2, 0) is 0 Å². The molecule has 0 amide bonds. The highest BCUT2D eigenvalue weighted by Crippen LogP contribution is 2.44. The summed E-state index contributed by atoms with van der Waals surface area (Å²) in [4.78, 5) is 16.1. The van der Waals surface area contributed by atoms with Gasteiger partial charge < -0.3 is 0 Å². The molecule has 2 heterocycles. The van der Waals surface area contributed by atoms with E-state index >= 15 is 0 Å². The predicted octanol–water partition coefficient (Wildman–Crippen LogP) is 14.8. The van der Waals surface area contributed by atoms with Gasteiger partial charge >= 0.3 is 0 Å². The Morgan fingerprint density at radius 1 is 0.279 bits per heavy atom. The molecule has 0 fully saturated rings. The lowest BCUT2D eigenvalue weighted by Gasteiger charge is -2.15. The van der Waals surface area contributed by atoms with E-state index in [4.69, 9.17) is 15.0 Å². The van der Waals surface area contributed by atoms with Crippen molar-refractivity contribution in [1.82, 2.24) is 19.5 Å². The number of nitrogens with zero attached hydrogens (tertiary/aromatic N) is 4. The van der Waals surface area contributed by atoms with E-state index in [9.17, 15) is 0 Å². The van der Waals surface area contributed by atoms with Crippen molar-refractivity contribution in [3.63, 3.8) is 0 Å². The van der Waals surface area contributed by atoms with Gasteiger partial charge in [-0.15, -0.1) is 0 Å². The number of benzene rings is 10. The van der Waals surface area contributed by atoms with E-state index in [-0.39, 0.29) is 0 Å². The zero-order valence-corrected chi connectivity index (χ0v) is 33.1. The Morgan fingerprint density at radius 2 is 0.770 bits per heavy atom. The first-order chi connectivity index (χ1) is 30.3. The molecular formula is C57H36N4. The Kier molecular flexibility index (Phi) is 8.13. The molecule has 0 radical (unpaired) electrons. The zero-order valence-electron chi connectivity index (χ0n) is 33.1. The van der Waals surface area contributed by atoms with Crippen molar-refractivity contribution < 1.29 is 0 Å². The summed E-state index contributed by atoms with van der Waals surface area (Å²) in [5, 5.41) is 9.56. The number of hydrogen-bond acceptors (Lipinski definition) is 3. The van der Waals surface area contributed by atoms with Crippen LogP contribution in [0, 0.1) is 0 Å². The molecule has 0 saturated heterocycles. The smallest absolute Gasteiger partial charge is 0.238 e. The zero-order chi connectivity index (χ0) is 40.3. The summed E-state index contributed by atoms with van der Waals surface area (Å²) >= 11 is 0. The van der Waals surface area contributed by atoms with Crippen LogP contribution in [0.3, 0.4) is 0 Å². The molecule has 12 rings (SSSR count). The average molecular weight is 777 g/mol. The summed E-state index contributed by atoms with van der Waals surface area (Å²) in [7, 11) is 0. The fraction of sp³-hybridized carbons (Fsp3) is 0. The minimum atomic E-state index is 0.559. The van der Waals surface area contributed by atoms with Crippen LogP contribution < -0.4 is 0 Å². The van der Waals surface area contributed by atoms with Crippen molar-refractivity contribution in [2.24, 2.45) is 0 Å². The van der Waals surface area contributed by atoms with E-state index in [0.717, 1.165) is 60.8 Å². The molecule has 0 aliphatic heterocycles. The molecule has 4 nitrogen and oxygen atoms in total. The first-order valence-corrected chi connectivity index (χ1v) is 20.7.